The highest BCUT2D eigenvalue weighted by Crippen LogP contribution is 2.32. The molecule has 37 heavy (non-hydrogen) atoms. The summed E-state index contributed by atoms with van der Waals surface area (Å²) in [6.45, 7) is -0.0350. The van der Waals surface area contributed by atoms with Crippen molar-refractivity contribution in [3.05, 3.63) is 100 Å². The molecule has 0 aromatic heterocycles. The molecule has 3 aromatic carbocycles. The number of alkyl halides is 1. The number of Topliss-reactive ketones (excluding diaryl/α,β-unsaturated/α-hetero) is 1. The van der Waals surface area contributed by atoms with E-state index in [1.54, 1.807) is 42.5 Å². The zero-order valence-corrected chi connectivity index (χ0v) is 21.0. The number of carbonyl (C=O) groups is 4. The van der Waals surface area contributed by atoms with Crippen LogP contribution in [0.1, 0.15) is 39.1 Å². The van der Waals surface area contributed by atoms with Crippen LogP contribution in [0.25, 0.3) is 0 Å². The molecule has 0 unspecified atom stereocenters. The van der Waals surface area contributed by atoms with Gasteiger partial charge in [0.25, 0.3) is 0 Å². The van der Waals surface area contributed by atoms with E-state index in [-0.39, 0.29) is 48.1 Å². The number of esters is 1. The van der Waals surface area contributed by atoms with Crippen molar-refractivity contribution in [2.45, 2.75) is 18.9 Å². The Kier molecular flexibility index (Phi) is 8.36. The molecule has 0 N–H and O–H groups in total. The van der Waals surface area contributed by atoms with Crippen LogP contribution in [-0.2, 0) is 14.3 Å². The molecule has 9 heteroatoms. The predicted octanol–water partition coefficient (Wildman–Crippen LogP) is 5.49. The van der Waals surface area contributed by atoms with E-state index in [1.807, 2.05) is 0 Å². The first-order chi connectivity index (χ1) is 17.8. The second kappa shape index (κ2) is 11.7. The number of carbonyl (C=O) groups excluding carboxylic acids is 4. The molecule has 0 spiro atoms. The Balaban J connectivity index is 1.53. The summed E-state index contributed by atoms with van der Waals surface area (Å²) in [5.74, 6) is -3.24. The minimum absolute atomic E-state index is 0.0350. The van der Waals surface area contributed by atoms with Crippen molar-refractivity contribution in [2.75, 3.05) is 17.3 Å². The van der Waals surface area contributed by atoms with Gasteiger partial charge >= 0.3 is 5.97 Å². The summed E-state index contributed by atoms with van der Waals surface area (Å²) < 4.78 is 18.7. The lowest BCUT2D eigenvalue weighted by atomic mass is 10.0. The van der Waals surface area contributed by atoms with Crippen LogP contribution < -0.4 is 4.90 Å². The van der Waals surface area contributed by atoms with Crippen LogP contribution in [0, 0.1) is 11.7 Å². The fourth-order valence-corrected chi connectivity index (χ4v) is 4.52. The molecule has 0 radical (unpaired) electrons. The summed E-state index contributed by atoms with van der Waals surface area (Å²) in [5, 5.41) is 0.328. The Bertz CT molecular complexity index is 1330. The van der Waals surface area contributed by atoms with Gasteiger partial charge in [0.05, 0.1) is 11.6 Å². The molecule has 1 saturated heterocycles. The van der Waals surface area contributed by atoms with Gasteiger partial charge in [-0.1, -0.05) is 41.9 Å². The van der Waals surface area contributed by atoms with Gasteiger partial charge in [0.2, 0.25) is 11.7 Å². The van der Waals surface area contributed by atoms with Gasteiger partial charge in [-0.15, -0.1) is 11.6 Å². The van der Waals surface area contributed by atoms with E-state index >= 15 is 0 Å². The van der Waals surface area contributed by atoms with Gasteiger partial charge in [-0.05, 0) is 42.5 Å². The SMILES string of the molecule is O=C(c1ccccc1)c1cc(Cl)ccc1N1C[C@H](C(=O)O[C@H](CCCl)C(=O)c2ccc(F)cc2)CC1=O. The van der Waals surface area contributed by atoms with E-state index in [4.69, 9.17) is 27.9 Å². The summed E-state index contributed by atoms with van der Waals surface area (Å²) >= 11 is 12.0. The fraction of sp³-hybridized carbons (Fsp3) is 0.214. The van der Waals surface area contributed by atoms with Crippen LogP contribution in [0.5, 0.6) is 0 Å². The van der Waals surface area contributed by atoms with Crippen LogP contribution in [0.4, 0.5) is 10.1 Å². The van der Waals surface area contributed by atoms with E-state index in [2.05, 4.69) is 0 Å². The van der Waals surface area contributed by atoms with Gasteiger partial charge in [0.15, 0.2) is 11.9 Å². The number of hydrogen-bond acceptors (Lipinski definition) is 5. The molecule has 0 saturated carbocycles. The summed E-state index contributed by atoms with van der Waals surface area (Å²) in [7, 11) is 0. The van der Waals surface area contributed by atoms with Gasteiger partial charge < -0.3 is 9.64 Å². The van der Waals surface area contributed by atoms with E-state index < -0.39 is 29.6 Å². The molecule has 1 amide bonds. The topological polar surface area (TPSA) is 80.8 Å². The average molecular weight is 542 g/mol. The molecule has 1 fully saturated rings. The largest absolute Gasteiger partial charge is 0.454 e. The van der Waals surface area contributed by atoms with Crippen molar-refractivity contribution >= 4 is 52.3 Å². The lowest BCUT2D eigenvalue weighted by Gasteiger charge is -2.21. The summed E-state index contributed by atoms with van der Waals surface area (Å²) in [4.78, 5) is 53.3. The number of hydrogen-bond donors (Lipinski definition) is 0. The monoisotopic (exact) mass is 541 g/mol. The van der Waals surface area contributed by atoms with Crippen molar-refractivity contribution in [3.8, 4) is 0 Å². The van der Waals surface area contributed by atoms with Crippen LogP contribution in [0.3, 0.4) is 0 Å². The minimum atomic E-state index is -1.18. The molecule has 6 nitrogen and oxygen atoms in total. The molecule has 0 bridgehead atoms. The third kappa shape index (κ3) is 6.06. The average Bonchev–Trinajstić information content (AvgIpc) is 3.30. The Hall–Kier alpha value is -3.55. The minimum Gasteiger partial charge on any atom is -0.454 e. The number of amides is 1. The quantitative estimate of drug-likeness (QED) is 0.203. The van der Waals surface area contributed by atoms with Gasteiger partial charge in [-0.2, -0.15) is 0 Å². The lowest BCUT2D eigenvalue weighted by Crippen LogP contribution is -2.32. The maximum Gasteiger partial charge on any atom is 0.312 e. The van der Waals surface area contributed by atoms with Crippen LogP contribution in [0.15, 0.2) is 72.8 Å². The Morgan fingerprint density at radius 2 is 1.70 bits per heavy atom. The fourth-order valence-electron chi connectivity index (χ4n) is 4.15. The molecule has 1 aliphatic heterocycles. The predicted molar refractivity (Wildman–Crippen MR) is 138 cm³/mol. The highest BCUT2D eigenvalue weighted by atomic mass is 35.5. The van der Waals surface area contributed by atoms with Gasteiger partial charge in [0, 0.05) is 47.0 Å². The van der Waals surface area contributed by atoms with Gasteiger partial charge in [0.1, 0.15) is 5.82 Å². The first kappa shape index (κ1) is 26.5. The highest BCUT2D eigenvalue weighted by molar-refractivity contribution is 6.31. The molecule has 190 valence electrons. The lowest BCUT2D eigenvalue weighted by molar-refractivity contribution is -0.151. The van der Waals surface area contributed by atoms with Gasteiger partial charge in [-0.3, -0.25) is 19.2 Å². The normalized spacial score (nSPS) is 15.9. The second-order valence-electron chi connectivity index (χ2n) is 8.54. The summed E-state index contributed by atoms with van der Waals surface area (Å²) in [5.41, 5.74) is 1.17. The number of benzene rings is 3. The number of anilines is 1. The molecular formula is C28H22Cl2FNO5. The molecule has 3 aromatic rings. The summed E-state index contributed by atoms with van der Waals surface area (Å²) in [6.07, 6.45) is -1.27. The zero-order valence-electron chi connectivity index (χ0n) is 19.5. The Morgan fingerprint density at radius 3 is 2.38 bits per heavy atom. The Morgan fingerprint density at radius 1 is 1.00 bits per heavy atom. The maximum absolute atomic E-state index is 13.2. The molecule has 1 heterocycles. The first-order valence-electron chi connectivity index (χ1n) is 11.5. The van der Waals surface area contributed by atoms with E-state index in [9.17, 15) is 23.6 Å². The van der Waals surface area contributed by atoms with Crippen molar-refractivity contribution in [1.29, 1.82) is 0 Å². The van der Waals surface area contributed by atoms with Crippen molar-refractivity contribution in [3.63, 3.8) is 0 Å². The zero-order chi connectivity index (χ0) is 26.5. The molecule has 4 rings (SSSR count). The maximum atomic E-state index is 13.2. The van der Waals surface area contributed by atoms with Gasteiger partial charge in [-0.25, -0.2) is 4.39 Å². The smallest absolute Gasteiger partial charge is 0.312 e. The number of ether oxygens (including phenoxy) is 1. The van der Waals surface area contributed by atoms with E-state index in [0.717, 1.165) is 12.1 Å². The summed E-state index contributed by atoms with van der Waals surface area (Å²) in [6, 6.07) is 18.1. The number of halogens is 3. The number of rotatable bonds is 9. The number of nitrogens with zero attached hydrogens (tertiary/aromatic N) is 1. The first-order valence-corrected chi connectivity index (χ1v) is 12.5. The molecule has 1 aliphatic rings. The molecule has 0 aliphatic carbocycles. The van der Waals surface area contributed by atoms with Crippen LogP contribution >= 0.6 is 23.2 Å². The van der Waals surface area contributed by atoms with Crippen LogP contribution in [0.2, 0.25) is 5.02 Å². The van der Waals surface area contributed by atoms with Crippen molar-refractivity contribution in [1.82, 2.24) is 0 Å². The standard InChI is InChI=1S/C28H22Cl2FNO5/c29-13-12-24(27(35)18-6-9-21(31)10-7-18)37-28(36)19-14-25(33)32(16-19)23-11-8-20(30)15-22(23)26(34)17-4-2-1-3-5-17/h1-11,15,19,24H,12-14,16H2/t19-,24-/m1/s1. The molecular weight excluding hydrogens is 520 g/mol. The van der Waals surface area contributed by atoms with Crippen LogP contribution in [-0.4, -0.2) is 42.0 Å². The van der Waals surface area contributed by atoms with Crippen molar-refractivity contribution in [2.24, 2.45) is 5.92 Å². The van der Waals surface area contributed by atoms with Crippen molar-refractivity contribution < 1.29 is 28.3 Å². The van der Waals surface area contributed by atoms with E-state index in [0.29, 0.717) is 16.3 Å². The Labute approximate surface area is 222 Å². The van der Waals surface area contributed by atoms with E-state index in [1.165, 1.54) is 23.1 Å². The highest BCUT2D eigenvalue weighted by Gasteiger charge is 2.39. The molecule has 2 atom stereocenters. The third-order valence-electron chi connectivity index (χ3n) is 6.04. The number of ketones is 2. The second-order valence-corrected chi connectivity index (χ2v) is 9.35. The third-order valence-corrected chi connectivity index (χ3v) is 6.49.